The summed E-state index contributed by atoms with van der Waals surface area (Å²) in [6, 6.07) is 8.56. The SMILES string of the molecule is CC(Nc1cc(Nc2cc(C3CC3)[nH]n2)ncn1)c1ccc(C(F)(F)F)cc1. The lowest BCUT2D eigenvalue weighted by molar-refractivity contribution is -0.137. The molecule has 2 aromatic heterocycles. The maximum Gasteiger partial charge on any atom is 0.416 e. The molecule has 3 N–H and O–H groups in total. The Balaban J connectivity index is 1.42. The zero-order valence-corrected chi connectivity index (χ0v) is 15.1. The lowest BCUT2D eigenvalue weighted by Crippen LogP contribution is -2.10. The average Bonchev–Trinajstić information content (AvgIpc) is 3.41. The average molecular weight is 388 g/mol. The molecule has 0 bridgehead atoms. The normalized spacial score (nSPS) is 15.3. The van der Waals surface area contributed by atoms with Gasteiger partial charge in [-0.3, -0.25) is 5.10 Å². The second-order valence-electron chi connectivity index (χ2n) is 6.88. The molecule has 9 heteroatoms. The molecule has 2 heterocycles. The van der Waals surface area contributed by atoms with Gasteiger partial charge in [-0.05, 0) is 37.5 Å². The molecule has 1 saturated carbocycles. The quantitative estimate of drug-likeness (QED) is 0.553. The van der Waals surface area contributed by atoms with Crippen LogP contribution in [0.15, 0.2) is 42.7 Å². The lowest BCUT2D eigenvalue weighted by atomic mass is 10.1. The Morgan fingerprint density at radius 3 is 2.43 bits per heavy atom. The van der Waals surface area contributed by atoms with Crippen molar-refractivity contribution < 1.29 is 13.2 Å². The summed E-state index contributed by atoms with van der Waals surface area (Å²) in [5.74, 6) is 2.39. The van der Waals surface area contributed by atoms with E-state index < -0.39 is 11.7 Å². The maximum absolute atomic E-state index is 12.7. The summed E-state index contributed by atoms with van der Waals surface area (Å²) in [7, 11) is 0. The molecule has 146 valence electrons. The summed E-state index contributed by atoms with van der Waals surface area (Å²) in [4.78, 5) is 8.36. The van der Waals surface area contributed by atoms with Crippen molar-refractivity contribution in [3.05, 3.63) is 59.5 Å². The predicted molar refractivity (Wildman–Crippen MR) is 99.4 cm³/mol. The van der Waals surface area contributed by atoms with Crippen LogP contribution in [0.4, 0.5) is 30.6 Å². The molecule has 1 aliphatic carbocycles. The van der Waals surface area contributed by atoms with E-state index in [9.17, 15) is 13.2 Å². The fourth-order valence-electron chi connectivity index (χ4n) is 2.91. The van der Waals surface area contributed by atoms with Crippen molar-refractivity contribution in [1.82, 2.24) is 20.2 Å². The summed E-state index contributed by atoms with van der Waals surface area (Å²) in [5, 5.41) is 13.6. The van der Waals surface area contributed by atoms with Crippen molar-refractivity contribution in [1.29, 1.82) is 0 Å². The monoisotopic (exact) mass is 388 g/mol. The smallest absolute Gasteiger partial charge is 0.363 e. The first-order chi connectivity index (χ1) is 13.4. The van der Waals surface area contributed by atoms with Gasteiger partial charge in [0.25, 0.3) is 0 Å². The van der Waals surface area contributed by atoms with Gasteiger partial charge in [-0.2, -0.15) is 18.3 Å². The van der Waals surface area contributed by atoms with Crippen molar-refractivity contribution in [2.24, 2.45) is 0 Å². The summed E-state index contributed by atoms with van der Waals surface area (Å²) in [6.45, 7) is 1.85. The third-order valence-electron chi connectivity index (χ3n) is 4.64. The predicted octanol–water partition coefficient (Wildman–Crippen LogP) is 5.01. The van der Waals surface area contributed by atoms with Crippen LogP contribution in [0.25, 0.3) is 0 Å². The molecule has 4 rings (SSSR count). The van der Waals surface area contributed by atoms with Crippen molar-refractivity contribution >= 4 is 17.5 Å². The van der Waals surface area contributed by atoms with Crippen molar-refractivity contribution in [3.8, 4) is 0 Å². The third kappa shape index (κ3) is 4.24. The molecular weight excluding hydrogens is 369 g/mol. The highest BCUT2D eigenvalue weighted by Crippen LogP contribution is 2.39. The number of benzene rings is 1. The number of halogens is 3. The second kappa shape index (κ2) is 7.14. The minimum atomic E-state index is -4.34. The van der Waals surface area contributed by atoms with Gasteiger partial charge in [0.2, 0.25) is 0 Å². The Hall–Kier alpha value is -3.10. The Morgan fingerprint density at radius 1 is 1.04 bits per heavy atom. The first-order valence-electron chi connectivity index (χ1n) is 8.96. The highest BCUT2D eigenvalue weighted by molar-refractivity contribution is 5.56. The van der Waals surface area contributed by atoms with Gasteiger partial charge in [0, 0.05) is 29.8 Å². The number of nitrogens with one attached hydrogen (secondary N) is 3. The Morgan fingerprint density at radius 2 is 1.75 bits per heavy atom. The zero-order chi connectivity index (χ0) is 19.7. The van der Waals surface area contributed by atoms with Gasteiger partial charge in [-0.15, -0.1) is 0 Å². The van der Waals surface area contributed by atoms with E-state index in [1.165, 1.54) is 31.3 Å². The molecule has 1 unspecified atom stereocenters. The number of hydrogen-bond donors (Lipinski definition) is 3. The summed E-state index contributed by atoms with van der Waals surface area (Å²) in [6.07, 6.45) is -0.553. The van der Waals surface area contributed by atoms with Gasteiger partial charge in [0.05, 0.1) is 5.56 Å². The molecule has 0 radical (unpaired) electrons. The van der Waals surface area contributed by atoms with Crippen LogP contribution in [0, 0.1) is 0 Å². The van der Waals surface area contributed by atoms with Crippen molar-refractivity contribution in [2.45, 2.75) is 37.9 Å². The van der Waals surface area contributed by atoms with Crippen molar-refractivity contribution in [3.63, 3.8) is 0 Å². The molecule has 6 nitrogen and oxygen atoms in total. The number of H-pyrrole nitrogens is 1. The fraction of sp³-hybridized carbons (Fsp3) is 0.316. The molecular formula is C19H19F3N6. The fourth-order valence-corrected chi connectivity index (χ4v) is 2.91. The van der Waals surface area contributed by atoms with Crippen LogP contribution < -0.4 is 10.6 Å². The van der Waals surface area contributed by atoms with Crippen LogP contribution in [0.3, 0.4) is 0 Å². The van der Waals surface area contributed by atoms with E-state index in [4.69, 9.17) is 0 Å². The number of anilines is 3. The molecule has 1 aromatic carbocycles. The lowest BCUT2D eigenvalue weighted by Gasteiger charge is -2.16. The molecule has 0 saturated heterocycles. The van der Waals surface area contributed by atoms with Gasteiger partial charge in [-0.1, -0.05) is 12.1 Å². The number of rotatable bonds is 6. The summed E-state index contributed by atoms with van der Waals surface area (Å²) in [5.41, 5.74) is 1.18. The second-order valence-corrected chi connectivity index (χ2v) is 6.88. The van der Waals surface area contributed by atoms with Crippen molar-refractivity contribution in [2.75, 3.05) is 10.6 Å². The van der Waals surface area contributed by atoms with Crippen LogP contribution in [-0.2, 0) is 6.18 Å². The van der Waals surface area contributed by atoms with Gasteiger partial charge in [0.1, 0.15) is 18.0 Å². The molecule has 0 aliphatic heterocycles. The van der Waals surface area contributed by atoms with Crippen LogP contribution in [0.1, 0.15) is 48.5 Å². The van der Waals surface area contributed by atoms with Gasteiger partial charge >= 0.3 is 6.18 Å². The maximum atomic E-state index is 12.7. The third-order valence-corrected chi connectivity index (χ3v) is 4.64. The Bertz CT molecular complexity index is 947. The highest BCUT2D eigenvalue weighted by atomic mass is 19.4. The topological polar surface area (TPSA) is 78.5 Å². The zero-order valence-electron chi connectivity index (χ0n) is 15.1. The van der Waals surface area contributed by atoms with Gasteiger partial charge in [0.15, 0.2) is 5.82 Å². The van der Waals surface area contributed by atoms with E-state index in [1.54, 1.807) is 6.07 Å². The van der Waals surface area contributed by atoms with Gasteiger partial charge in [-0.25, -0.2) is 9.97 Å². The van der Waals surface area contributed by atoms with Crippen LogP contribution >= 0.6 is 0 Å². The van der Waals surface area contributed by atoms with E-state index >= 15 is 0 Å². The number of aromatic nitrogens is 4. The van der Waals surface area contributed by atoms with Gasteiger partial charge < -0.3 is 10.6 Å². The van der Waals surface area contributed by atoms with Crippen LogP contribution in [-0.4, -0.2) is 20.2 Å². The first kappa shape index (κ1) is 18.3. The molecule has 0 amide bonds. The summed E-state index contributed by atoms with van der Waals surface area (Å²) >= 11 is 0. The molecule has 28 heavy (non-hydrogen) atoms. The number of aromatic amines is 1. The van der Waals surface area contributed by atoms with E-state index in [0.29, 0.717) is 23.4 Å². The Labute approximate surface area is 159 Å². The van der Waals surface area contributed by atoms with Crippen LogP contribution in [0.2, 0.25) is 0 Å². The first-order valence-corrected chi connectivity index (χ1v) is 8.96. The van der Waals surface area contributed by atoms with E-state index in [0.717, 1.165) is 23.4 Å². The van der Waals surface area contributed by atoms with Crippen LogP contribution in [0.5, 0.6) is 0 Å². The Kier molecular flexibility index (Phi) is 4.66. The molecule has 1 fully saturated rings. The number of nitrogens with zero attached hydrogens (tertiary/aromatic N) is 3. The van der Waals surface area contributed by atoms with E-state index in [1.807, 2.05) is 13.0 Å². The molecule has 1 aliphatic rings. The molecule has 0 spiro atoms. The minimum Gasteiger partial charge on any atom is -0.363 e. The number of hydrogen-bond acceptors (Lipinski definition) is 5. The minimum absolute atomic E-state index is 0.225. The number of alkyl halides is 3. The van der Waals surface area contributed by atoms with E-state index in [-0.39, 0.29) is 6.04 Å². The summed E-state index contributed by atoms with van der Waals surface area (Å²) < 4.78 is 38.1. The largest absolute Gasteiger partial charge is 0.416 e. The van der Waals surface area contributed by atoms with E-state index in [2.05, 4.69) is 30.8 Å². The standard InChI is InChI=1S/C19H19F3N6/c1-11(12-4-6-14(7-5-12)19(20,21)22)25-16-9-17(24-10-23-16)26-18-8-15(27-28-18)13-2-3-13/h4-11,13H,2-3H2,1H3,(H3,23,24,25,26,27,28). The molecule has 3 aromatic rings. The molecule has 1 atom stereocenters. The highest BCUT2D eigenvalue weighted by Gasteiger charge is 2.30.